The quantitative estimate of drug-likeness (QED) is 0.656. The molecule has 150 valence electrons. The van der Waals surface area contributed by atoms with Crippen LogP contribution in [0.4, 0.5) is 8.78 Å². The molecule has 1 aromatic carbocycles. The molecule has 0 unspecified atom stereocenters. The van der Waals surface area contributed by atoms with Gasteiger partial charge in [0, 0.05) is 17.4 Å². The first-order valence-electron chi connectivity index (χ1n) is 9.28. The number of benzene rings is 1. The van der Waals surface area contributed by atoms with Crippen molar-refractivity contribution in [3.05, 3.63) is 42.0 Å². The highest BCUT2D eigenvalue weighted by atomic mass is 19.3. The Morgan fingerprint density at radius 1 is 1.00 bits per heavy atom. The molecule has 0 aromatic heterocycles. The van der Waals surface area contributed by atoms with E-state index >= 15 is 0 Å². The van der Waals surface area contributed by atoms with Crippen LogP contribution in [-0.2, 0) is 18.9 Å². The van der Waals surface area contributed by atoms with Crippen LogP contribution >= 0.6 is 0 Å². The van der Waals surface area contributed by atoms with Gasteiger partial charge in [-0.2, -0.15) is 8.78 Å². The van der Waals surface area contributed by atoms with E-state index in [9.17, 15) is 8.78 Å². The molecule has 2 heterocycles. The van der Waals surface area contributed by atoms with Gasteiger partial charge in [0.05, 0.1) is 26.4 Å². The Bertz CT molecular complexity index is 577. The summed E-state index contributed by atoms with van der Waals surface area (Å²) in [6.45, 7) is 1.71. The first kappa shape index (κ1) is 20.2. The molecule has 0 atom stereocenters. The molecule has 0 N–H and O–H groups in total. The zero-order chi connectivity index (χ0) is 19.1. The van der Waals surface area contributed by atoms with Crippen molar-refractivity contribution in [3.8, 4) is 5.75 Å². The van der Waals surface area contributed by atoms with Crippen LogP contribution in [0.2, 0.25) is 0 Å². The highest BCUT2D eigenvalue weighted by Crippen LogP contribution is 2.29. The minimum atomic E-state index is -2.83. The molecule has 3 rings (SSSR count). The van der Waals surface area contributed by atoms with Crippen LogP contribution in [0.3, 0.4) is 0 Å². The normalized spacial score (nSPS) is 29.3. The Morgan fingerprint density at radius 3 is 2.26 bits per heavy atom. The van der Waals surface area contributed by atoms with E-state index in [1.54, 1.807) is 12.1 Å². The predicted octanol–water partition coefficient (Wildman–Crippen LogP) is 4.30. The number of hydrogen-bond donors (Lipinski definition) is 0. The van der Waals surface area contributed by atoms with Gasteiger partial charge in [-0.15, -0.1) is 0 Å². The van der Waals surface area contributed by atoms with Crippen molar-refractivity contribution in [2.45, 2.75) is 39.0 Å². The molecule has 2 fully saturated rings. The van der Waals surface area contributed by atoms with Gasteiger partial charge in [-0.3, -0.25) is 0 Å². The Balaban J connectivity index is 1.36. The first-order valence-corrected chi connectivity index (χ1v) is 9.28. The van der Waals surface area contributed by atoms with Gasteiger partial charge in [0.1, 0.15) is 5.75 Å². The monoisotopic (exact) mass is 384 g/mol. The average molecular weight is 384 g/mol. The second kappa shape index (κ2) is 10.1. The Hall–Kier alpha value is -1.54. The van der Waals surface area contributed by atoms with Crippen molar-refractivity contribution in [1.82, 2.24) is 0 Å². The van der Waals surface area contributed by atoms with Gasteiger partial charge in [-0.1, -0.05) is 24.3 Å². The third-order valence-electron chi connectivity index (χ3n) is 4.61. The fraction of sp³-hybridized carbons (Fsp3) is 0.600. The molecule has 2 aliphatic rings. The summed E-state index contributed by atoms with van der Waals surface area (Å²) in [5.74, 6) is 0.737. The zero-order valence-corrected chi connectivity index (χ0v) is 15.4. The second-order valence-corrected chi connectivity index (χ2v) is 6.77. The van der Waals surface area contributed by atoms with E-state index in [1.165, 1.54) is 12.1 Å². The molecular formula is C20H26F2O5. The average Bonchev–Trinajstić information content (AvgIpc) is 2.68. The lowest BCUT2D eigenvalue weighted by Gasteiger charge is -2.32. The second-order valence-electron chi connectivity index (χ2n) is 6.77. The Kier molecular flexibility index (Phi) is 7.58. The van der Waals surface area contributed by atoms with Gasteiger partial charge in [0.15, 0.2) is 12.6 Å². The molecule has 0 saturated carbocycles. The van der Waals surface area contributed by atoms with Crippen LogP contribution in [0.15, 0.2) is 36.4 Å². The summed E-state index contributed by atoms with van der Waals surface area (Å²) >= 11 is 0. The molecule has 5 nitrogen and oxygen atoms in total. The lowest BCUT2D eigenvalue weighted by molar-refractivity contribution is -0.217. The lowest BCUT2D eigenvalue weighted by Crippen LogP contribution is -2.33. The molecule has 7 heteroatoms. The summed E-state index contributed by atoms with van der Waals surface area (Å²) in [4.78, 5) is 0. The zero-order valence-electron chi connectivity index (χ0n) is 15.4. The third kappa shape index (κ3) is 6.24. The van der Waals surface area contributed by atoms with E-state index in [0.29, 0.717) is 32.3 Å². The van der Waals surface area contributed by atoms with Crippen molar-refractivity contribution in [2.24, 2.45) is 11.8 Å². The fourth-order valence-corrected chi connectivity index (χ4v) is 3.19. The van der Waals surface area contributed by atoms with Gasteiger partial charge in [0.2, 0.25) is 0 Å². The van der Waals surface area contributed by atoms with Crippen molar-refractivity contribution in [2.75, 3.05) is 26.4 Å². The van der Waals surface area contributed by atoms with E-state index in [2.05, 4.69) is 10.8 Å². The summed E-state index contributed by atoms with van der Waals surface area (Å²) in [5.41, 5.74) is 0.782. The minimum Gasteiger partial charge on any atom is -0.435 e. The van der Waals surface area contributed by atoms with Crippen LogP contribution < -0.4 is 4.74 Å². The largest absolute Gasteiger partial charge is 0.435 e. The van der Waals surface area contributed by atoms with E-state index in [0.717, 1.165) is 18.4 Å². The lowest BCUT2D eigenvalue weighted by atomic mass is 10.0. The standard InChI is InChI=1S/C20H26F2O5/c1-2-3-14-10-23-18(24-11-14)9-4-15-12-25-19(26-13-15)16-5-7-17(8-6-16)27-20(21)22/h2-3,5-8,14-15,18-20H,4,9-13H2,1H3/b3-2-/t14-,15?,18-,19?. The molecule has 0 bridgehead atoms. The number of rotatable bonds is 7. The van der Waals surface area contributed by atoms with Gasteiger partial charge >= 0.3 is 6.61 Å². The fourth-order valence-electron chi connectivity index (χ4n) is 3.19. The molecule has 0 aliphatic carbocycles. The van der Waals surface area contributed by atoms with Crippen molar-refractivity contribution in [3.63, 3.8) is 0 Å². The van der Waals surface area contributed by atoms with Crippen LogP contribution in [0, 0.1) is 11.8 Å². The molecule has 0 spiro atoms. The minimum absolute atomic E-state index is 0.117. The third-order valence-corrected chi connectivity index (χ3v) is 4.61. The molecule has 0 radical (unpaired) electrons. The van der Waals surface area contributed by atoms with E-state index in [4.69, 9.17) is 18.9 Å². The number of halogens is 2. The van der Waals surface area contributed by atoms with Crippen LogP contribution in [-0.4, -0.2) is 39.3 Å². The van der Waals surface area contributed by atoms with Crippen molar-refractivity contribution in [1.29, 1.82) is 0 Å². The SMILES string of the molecule is C/C=C\[C@H]1CO[C@H](CCC2COC(c3ccc(OC(F)F)cc3)OC2)OC1. The summed E-state index contributed by atoms with van der Waals surface area (Å²) in [6.07, 6.45) is 5.18. The number of allylic oxidation sites excluding steroid dienone is 1. The van der Waals surface area contributed by atoms with Crippen LogP contribution in [0.25, 0.3) is 0 Å². The van der Waals surface area contributed by atoms with E-state index in [1.807, 2.05) is 13.0 Å². The van der Waals surface area contributed by atoms with Gasteiger partial charge < -0.3 is 23.7 Å². The highest BCUT2D eigenvalue weighted by molar-refractivity contribution is 5.28. The van der Waals surface area contributed by atoms with E-state index in [-0.39, 0.29) is 18.0 Å². The van der Waals surface area contributed by atoms with Gasteiger partial charge in [-0.05, 0) is 31.9 Å². The van der Waals surface area contributed by atoms with Crippen LogP contribution in [0.5, 0.6) is 5.75 Å². The number of ether oxygens (including phenoxy) is 5. The molecule has 2 saturated heterocycles. The smallest absolute Gasteiger partial charge is 0.387 e. The van der Waals surface area contributed by atoms with E-state index < -0.39 is 12.9 Å². The predicted molar refractivity (Wildman–Crippen MR) is 94.4 cm³/mol. The maximum Gasteiger partial charge on any atom is 0.387 e. The van der Waals surface area contributed by atoms with Crippen molar-refractivity contribution >= 4 is 0 Å². The molecule has 0 amide bonds. The highest BCUT2D eigenvalue weighted by Gasteiger charge is 2.26. The number of hydrogen-bond acceptors (Lipinski definition) is 5. The molecule has 27 heavy (non-hydrogen) atoms. The van der Waals surface area contributed by atoms with Crippen LogP contribution in [0.1, 0.15) is 31.6 Å². The molecule has 2 aliphatic heterocycles. The Labute approximate surface area is 158 Å². The van der Waals surface area contributed by atoms with Crippen molar-refractivity contribution < 1.29 is 32.5 Å². The van der Waals surface area contributed by atoms with Gasteiger partial charge in [0.25, 0.3) is 0 Å². The summed E-state index contributed by atoms with van der Waals surface area (Å²) in [7, 11) is 0. The summed E-state index contributed by atoms with van der Waals surface area (Å²) < 4.78 is 51.8. The topological polar surface area (TPSA) is 46.2 Å². The maximum absolute atomic E-state index is 12.2. The summed E-state index contributed by atoms with van der Waals surface area (Å²) in [5, 5.41) is 0. The Morgan fingerprint density at radius 2 is 1.67 bits per heavy atom. The van der Waals surface area contributed by atoms with Gasteiger partial charge in [-0.25, -0.2) is 0 Å². The number of alkyl halides is 2. The maximum atomic E-state index is 12.2. The molecular weight excluding hydrogens is 358 g/mol. The summed E-state index contributed by atoms with van der Waals surface area (Å²) in [6, 6.07) is 6.32. The first-order chi connectivity index (χ1) is 13.1. The molecule has 1 aromatic rings.